The highest BCUT2D eigenvalue weighted by Gasteiger charge is 2.31. The van der Waals surface area contributed by atoms with Crippen LogP contribution < -0.4 is 0 Å². The molecule has 1 unspecified atom stereocenters. The molecule has 2 aliphatic heterocycles. The normalized spacial score (nSPS) is 19.6. The minimum atomic E-state index is -0.145. The molecule has 0 fully saturated rings. The van der Waals surface area contributed by atoms with Crippen LogP contribution in [-0.4, -0.2) is 17.3 Å². The summed E-state index contributed by atoms with van der Waals surface area (Å²) in [5.74, 6) is 0.970. The maximum atomic E-state index is 13.8. The molecule has 0 bridgehead atoms. The molecule has 0 saturated heterocycles. The number of amidine groups is 1. The second-order valence-electron chi connectivity index (χ2n) is 6.02. The van der Waals surface area contributed by atoms with Crippen LogP contribution in [0, 0.1) is 5.82 Å². The van der Waals surface area contributed by atoms with Crippen molar-refractivity contribution in [1.82, 2.24) is 4.90 Å². The summed E-state index contributed by atoms with van der Waals surface area (Å²) in [5, 5.41) is 0. The first-order chi connectivity index (χ1) is 10.8. The van der Waals surface area contributed by atoms with E-state index < -0.39 is 0 Å². The Bertz CT molecular complexity index is 751. The SMILES string of the molecule is CCC1=Nc2ccccc2CC2c3cc(F)ccc3CCN12. The van der Waals surface area contributed by atoms with E-state index in [0.717, 1.165) is 42.9 Å². The molecular formula is C19H19FN2. The largest absolute Gasteiger partial charge is 0.352 e. The topological polar surface area (TPSA) is 15.6 Å². The smallest absolute Gasteiger partial charge is 0.123 e. The number of hydrogen-bond donors (Lipinski definition) is 0. The van der Waals surface area contributed by atoms with E-state index in [-0.39, 0.29) is 11.9 Å². The van der Waals surface area contributed by atoms with Crippen LogP contribution in [0.15, 0.2) is 47.5 Å². The fourth-order valence-corrected chi connectivity index (χ4v) is 3.68. The van der Waals surface area contributed by atoms with Gasteiger partial charge in [0.15, 0.2) is 0 Å². The first-order valence-corrected chi connectivity index (χ1v) is 7.96. The van der Waals surface area contributed by atoms with Crippen molar-refractivity contribution in [2.45, 2.75) is 32.2 Å². The zero-order chi connectivity index (χ0) is 15.1. The number of para-hydroxylation sites is 1. The molecule has 2 nitrogen and oxygen atoms in total. The van der Waals surface area contributed by atoms with Crippen LogP contribution in [0.4, 0.5) is 10.1 Å². The maximum Gasteiger partial charge on any atom is 0.123 e. The summed E-state index contributed by atoms with van der Waals surface area (Å²) in [6, 6.07) is 13.8. The lowest BCUT2D eigenvalue weighted by Gasteiger charge is -2.38. The highest BCUT2D eigenvalue weighted by Crippen LogP contribution is 2.38. The van der Waals surface area contributed by atoms with Crippen molar-refractivity contribution in [2.75, 3.05) is 6.54 Å². The summed E-state index contributed by atoms with van der Waals surface area (Å²) >= 11 is 0. The molecule has 4 rings (SSSR count). The number of aliphatic imine (C=N–C) groups is 1. The molecule has 112 valence electrons. The van der Waals surface area contributed by atoms with Crippen LogP contribution in [0.5, 0.6) is 0 Å². The molecule has 0 N–H and O–H groups in total. The summed E-state index contributed by atoms with van der Waals surface area (Å²) in [7, 11) is 0. The minimum absolute atomic E-state index is 0.145. The molecule has 0 spiro atoms. The Hall–Kier alpha value is -2.16. The summed E-state index contributed by atoms with van der Waals surface area (Å²) in [6.45, 7) is 3.11. The zero-order valence-electron chi connectivity index (χ0n) is 12.7. The lowest BCUT2D eigenvalue weighted by atomic mass is 9.88. The number of rotatable bonds is 1. The summed E-state index contributed by atoms with van der Waals surface area (Å²) < 4.78 is 13.8. The number of nitrogens with zero attached hydrogens (tertiary/aromatic N) is 2. The molecule has 1 atom stereocenters. The van der Waals surface area contributed by atoms with E-state index in [9.17, 15) is 4.39 Å². The van der Waals surface area contributed by atoms with Crippen molar-refractivity contribution in [1.29, 1.82) is 0 Å². The second kappa shape index (κ2) is 5.24. The number of halogens is 1. The molecule has 0 radical (unpaired) electrons. The maximum absolute atomic E-state index is 13.8. The first-order valence-electron chi connectivity index (χ1n) is 7.96. The van der Waals surface area contributed by atoms with E-state index in [1.165, 1.54) is 11.1 Å². The molecule has 0 aliphatic carbocycles. The molecular weight excluding hydrogens is 275 g/mol. The minimum Gasteiger partial charge on any atom is -0.352 e. The van der Waals surface area contributed by atoms with E-state index >= 15 is 0 Å². The van der Waals surface area contributed by atoms with Crippen LogP contribution in [0.1, 0.15) is 36.1 Å². The molecule has 22 heavy (non-hydrogen) atoms. The molecule has 0 saturated carbocycles. The van der Waals surface area contributed by atoms with Crippen LogP contribution >= 0.6 is 0 Å². The zero-order valence-corrected chi connectivity index (χ0v) is 12.7. The standard InChI is InChI=1S/C19H19FN2/c1-2-19-21-17-6-4-3-5-14(17)11-18-16-12-15(20)8-7-13(16)9-10-22(18)19/h3-8,12,18H,2,9-11H2,1H3. The van der Waals surface area contributed by atoms with Crippen molar-refractivity contribution in [3.63, 3.8) is 0 Å². The third-order valence-electron chi connectivity index (χ3n) is 4.77. The van der Waals surface area contributed by atoms with E-state index in [4.69, 9.17) is 4.99 Å². The van der Waals surface area contributed by atoms with Crippen LogP contribution in [0.3, 0.4) is 0 Å². The van der Waals surface area contributed by atoms with Gasteiger partial charge in [0.25, 0.3) is 0 Å². The van der Waals surface area contributed by atoms with Gasteiger partial charge in [0.05, 0.1) is 11.7 Å². The highest BCUT2D eigenvalue weighted by molar-refractivity contribution is 5.86. The van der Waals surface area contributed by atoms with Crippen molar-refractivity contribution >= 4 is 11.5 Å². The Labute approximate surface area is 130 Å². The van der Waals surface area contributed by atoms with Crippen molar-refractivity contribution in [2.24, 2.45) is 4.99 Å². The molecule has 2 heterocycles. The monoisotopic (exact) mass is 294 g/mol. The average Bonchev–Trinajstić information content (AvgIpc) is 2.71. The Balaban J connectivity index is 1.87. The lowest BCUT2D eigenvalue weighted by Crippen LogP contribution is -2.40. The van der Waals surface area contributed by atoms with Gasteiger partial charge in [-0.25, -0.2) is 9.38 Å². The van der Waals surface area contributed by atoms with Gasteiger partial charge >= 0.3 is 0 Å². The van der Waals surface area contributed by atoms with E-state index in [1.54, 1.807) is 12.1 Å². The van der Waals surface area contributed by atoms with Crippen molar-refractivity contribution < 1.29 is 4.39 Å². The Morgan fingerprint density at radius 2 is 2.05 bits per heavy atom. The molecule has 3 heteroatoms. The summed E-state index contributed by atoms with van der Waals surface area (Å²) in [4.78, 5) is 7.26. The van der Waals surface area contributed by atoms with Gasteiger partial charge in [-0.3, -0.25) is 0 Å². The quantitative estimate of drug-likeness (QED) is 0.760. The molecule has 0 amide bonds. The van der Waals surface area contributed by atoms with E-state index in [2.05, 4.69) is 30.0 Å². The highest BCUT2D eigenvalue weighted by atomic mass is 19.1. The predicted molar refractivity (Wildman–Crippen MR) is 87.1 cm³/mol. The third kappa shape index (κ3) is 2.12. The average molecular weight is 294 g/mol. The van der Waals surface area contributed by atoms with Gasteiger partial charge in [0.2, 0.25) is 0 Å². The fourth-order valence-electron chi connectivity index (χ4n) is 3.68. The van der Waals surface area contributed by atoms with Crippen LogP contribution in [0.2, 0.25) is 0 Å². The second-order valence-corrected chi connectivity index (χ2v) is 6.02. The number of benzene rings is 2. The Morgan fingerprint density at radius 3 is 2.91 bits per heavy atom. The van der Waals surface area contributed by atoms with Gasteiger partial charge < -0.3 is 4.90 Å². The number of hydrogen-bond acceptors (Lipinski definition) is 2. The van der Waals surface area contributed by atoms with Gasteiger partial charge in [-0.15, -0.1) is 0 Å². The van der Waals surface area contributed by atoms with E-state index in [0.29, 0.717) is 0 Å². The molecule has 2 aliphatic rings. The number of fused-ring (bicyclic) bond motifs is 4. The lowest BCUT2D eigenvalue weighted by molar-refractivity contribution is 0.294. The predicted octanol–water partition coefficient (Wildman–Crippen LogP) is 4.42. The third-order valence-corrected chi connectivity index (χ3v) is 4.77. The van der Waals surface area contributed by atoms with Gasteiger partial charge in [-0.05, 0) is 47.7 Å². The first kappa shape index (κ1) is 13.5. The Morgan fingerprint density at radius 1 is 1.18 bits per heavy atom. The molecule has 2 aromatic carbocycles. The van der Waals surface area contributed by atoms with Crippen molar-refractivity contribution in [3.8, 4) is 0 Å². The van der Waals surface area contributed by atoms with E-state index in [1.807, 2.05) is 12.1 Å². The van der Waals surface area contributed by atoms with Crippen LogP contribution in [0.25, 0.3) is 0 Å². The fraction of sp³-hybridized carbons (Fsp3) is 0.316. The van der Waals surface area contributed by atoms with Crippen molar-refractivity contribution in [3.05, 3.63) is 65.0 Å². The van der Waals surface area contributed by atoms with Crippen LogP contribution in [-0.2, 0) is 12.8 Å². The molecule has 0 aromatic heterocycles. The molecule has 2 aromatic rings. The van der Waals surface area contributed by atoms with Gasteiger partial charge in [-0.2, -0.15) is 0 Å². The summed E-state index contributed by atoms with van der Waals surface area (Å²) in [5.41, 5.74) is 4.71. The van der Waals surface area contributed by atoms with Gasteiger partial charge in [-0.1, -0.05) is 31.2 Å². The van der Waals surface area contributed by atoms with Gasteiger partial charge in [0, 0.05) is 13.0 Å². The summed E-state index contributed by atoms with van der Waals surface area (Å²) in [6.07, 6.45) is 2.75. The van der Waals surface area contributed by atoms with Gasteiger partial charge in [0.1, 0.15) is 11.7 Å². The Kier molecular flexibility index (Phi) is 3.21.